The first kappa shape index (κ1) is 8.89. The molecule has 0 aliphatic rings. The molecule has 0 amide bonds. The third-order valence-corrected chi connectivity index (χ3v) is 1.85. The van der Waals surface area contributed by atoms with Crippen LogP contribution in [0.4, 0.5) is 5.82 Å². The van der Waals surface area contributed by atoms with E-state index in [0.29, 0.717) is 17.4 Å². The van der Waals surface area contributed by atoms with E-state index >= 15 is 0 Å². The summed E-state index contributed by atoms with van der Waals surface area (Å²) < 4.78 is 0. The smallest absolute Gasteiger partial charge is 0.148 e. The van der Waals surface area contributed by atoms with Gasteiger partial charge in [-0.1, -0.05) is 11.6 Å². The fraction of sp³-hybridized carbons (Fsp3) is 0.143. The molecule has 14 heavy (non-hydrogen) atoms. The Kier molecular flexibility index (Phi) is 2.55. The van der Waals surface area contributed by atoms with Crippen molar-refractivity contribution in [3.63, 3.8) is 0 Å². The first-order chi connectivity index (χ1) is 6.86. The van der Waals surface area contributed by atoms with Crippen molar-refractivity contribution in [3.8, 4) is 0 Å². The molecule has 0 fully saturated rings. The van der Waals surface area contributed by atoms with Gasteiger partial charge in [0.15, 0.2) is 0 Å². The van der Waals surface area contributed by atoms with Crippen LogP contribution in [0.2, 0.25) is 5.02 Å². The highest BCUT2D eigenvalue weighted by Gasteiger charge is 2.01. The predicted octanol–water partition coefficient (Wildman–Crippen LogP) is 0.860. The molecule has 0 aliphatic carbocycles. The van der Waals surface area contributed by atoms with E-state index in [1.54, 1.807) is 6.20 Å². The number of hydrogen-bond acceptors (Lipinski definition) is 5. The molecule has 0 radical (unpaired) electrons. The zero-order valence-electron chi connectivity index (χ0n) is 7.11. The molecule has 6 nitrogen and oxygen atoms in total. The summed E-state index contributed by atoms with van der Waals surface area (Å²) in [5.41, 5.74) is 0.791. The van der Waals surface area contributed by atoms with E-state index in [-0.39, 0.29) is 0 Å². The van der Waals surface area contributed by atoms with E-state index < -0.39 is 0 Å². The van der Waals surface area contributed by atoms with Crippen LogP contribution in [-0.2, 0) is 6.54 Å². The number of aromatic amines is 1. The first-order valence-corrected chi connectivity index (χ1v) is 4.28. The number of H-pyrrole nitrogens is 1. The normalized spacial score (nSPS) is 10.1. The van der Waals surface area contributed by atoms with Crippen LogP contribution in [0.25, 0.3) is 0 Å². The van der Waals surface area contributed by atoms with E-state index in [9.17, 15) is 0 Å². The van der Waals surface area contributed by atoms with Crippen LogP contribution in [0.15, 0.2) is 18.7 Å². The summed E-state index contributed by atoms with van der Waals surface area (Å²) in [6, 6.07) is 0. The fourth-order valence-electron chi connectivity index (χ4n) is 0.928. The molecule has 0 atom stereocenters. The highest BCUT2D eigenvalue weighted by Crippen LogP contribution is 2.16. The minimum absolute atomic E-state index is 0.482. The Bertz CT molecular complexity index is 400. The van der Waals surface area contributed by atoms with Gasteiger partial charge < -0.3 is 5.32 Å². The maximum absolute atomic E-state index is 5.83. The molecule has 0 bridgehead atoms. The molecular weight excluding hydrogens is 204 g/mol. The fourth-order valence-corrected chi connectivity index (χ4v) is 1.10. The molecule has 0 unspecified atom stereocenters. The molecule has 2 N–H and O–H groups in total. The van der Waals surface area contributed by atoms with Crippen LogP contribution in [0.1, 0.15) is 5.69 Å². The average Bonchev–Trinajstić information content (AvgIpc) is 2.69. The summed E-state index contributed by atoms with van der Waals surface area (Å²) in [5.74, 6) is 0.588. The second-order valence-electron chi connectivity index (χ2n) is 2.53. The summed E-state index contributed by atoms with van der Waals surface area (Å²) in [7, 11) is 0. The summed E-state index contributed by atoms with van der Waals surface area (Å²) in [4.78, 5) is 7.74. The van der Waals surface area contributed by atoms with Crippen LogP contribution in [0.5, 0.6) is 0 Å². The van der Waals surface area contributed by atoms with E-state index in [4.69, 9.17) is 11.6 Å². The van der Waals surface area contributed by atoms with Gasteiger partial charge in [-0.15, -0.1) is 0 Å². The molecule has 7 heteroatoms. The van der Waals surface area contributed by atoms with E-state index in [2.05, 4.69) is 30.7 Å². The van der Waals surface area contributed by atoms with Crippen LogP contribution < -0.4 is 5.32 Å². The Morgan fingerprint density at radius 3 is 3.07 bits per heavy atom. The summed E-state index contributed by atoms with van der Waals surface area (Å²) in [5, 5.41) is 13.6. The Balaban J connectivity index is 2.02. The van der Waals surface area contributed by atoms with Gasteiger partial charge in [0.25, 0.3) is 0 Å². The average molecular weight is 211 g/mol. The molecule has 72 valence electrons. The van der Waals surface area contributed by atoms with Crippen molar-refractivity contribution in [1.82, 2.24) is 25.4 Å². The molecule has 0 spiro atoms. The van der Waals surface area contributed by atoms with Crippen molar-refractivity contribution in [3.05, 3.63) is 29.4 Å². The van der Waals surface area contributed by atoms with Gasteiger partial charge >= 0.3 is 0 Å². The Hall–Kier alpha value is -1.69. The van der Waals surface area contributed by atoms with E-state index in [1.807, 2.05) is 0 Å². The molecule has 0 aliphatic heterocycles. The third kappa shape index (κ3) is 1.97. The van der Waals surface area contributed by atoms with Crippen molar-refractivity contribution < 1.29 is 0 Å². The largest absolute Gasteiger partial charge is 0.363 e. The molecular formula is C7H7ClN6. The number of rotatable bonds is 3. The topological polar surface area (TPSA) is 79.4 Å². The minimum atomic E-state index is 0.482. The number of hydrogen-bond donors (Lipinski definition) is 2. The third-order valence-electron chi connectivity index (χ3n) is 1.57. The van der Waals surface area contributed by atoms with E-state index in [0.717, 1.165) is 5.69 Å². The predicted molar refractivity (Wildman–Crippen MR) is 50.8 cm³/mol. The van der Waals surface area contributed by atoms with Gasteiger partial charge in [-0.2, -0.15) is 15.4 Å². The zero-order valence-corrected chi connectivity index (χ0v) is 7.86. The summed E-state index contributed by atoms with van der Waals surface area (Å²) in [6.45, 7) is 0.521. The highest BCUT2D eigenvalue weighted by atomic mass is 35.5. The Morgan fingerprint density at radius 2 is 2.36 bits per heavy atom. The molecule has 0 saturated carbocycles. The number of anilines is 1. The van der Waals surface area contributed by atoms with Crippen molar-refractivity contribution in [2.24, 2.45) is 0 Å². The zero-order chi connectivity index (χ0) is 9.80. The second kappa shape index (κ2) is 4.01. The van der Waals surface area contributed by atoms with Gasteiger partial charge in [0.05, 0.1) is 18.9 Å². The molecule has 2 aromatic heterocycles. The molecule has 2 rings (SSSR count). The number of aromatic nitrogens is 5. The maximum Gasteiger partial charge on any atom is 0.148 e. The maximum atomic E-state index is 5.83. The quantitative estimate of drug-likeness (QED) is 0.786. The lowest BCUT2D eigenvalue weighted by Crippen LogP contribution is -2.02. The van der Waals surface area contributed by atoms with Crippen LogP contribution >= 0.6 is 11.6 Å². The number of nitrogens with one attached hydrogen (secondary N) is 2. The van der Waals surface area contributed by atoms with Crippen LogP contribution in [0, 0.1) is 0 Å². The van der Waals surface area contributed by atoms with E-state index in [1.165, 1.54) is 12.5 Å². The van der Waals surface area contributed by atoms with Gasteiger partial charge in [0, 0.05) is 0 Å². The molecule has 2 aromatic rings. The lowest BCUT2D eigenvalue weighted by molar-refractivity contribution is 0.908. The molecule has 2 heterocycles. The molecule has 0 aromatic carbocycles. The summed E-state index contributed by atoms with van der Waals surface area (Å²) in [6.07, 6.45) is 4.58. The van der Waals surface area contributed by atoms with Gasteiger partial charge in [-0.05, 0) is 0 Å². The number of nitrogens with zero attached hydrogens (tertiary/aromatic N) is 4. The van der Waals surface area contributed by atoms with Crippen molar-refractivity contribution >= 4 is 17.4 Å². The van der Waals surface area contributed by atoms with Gasteiger partial charge in [-0.25, -0.2) is 9.97 Å². The number of halogens is 1. The molecule has 0 saturated heterocycles. The van der Waals surface area contributed by atoms with Gasteiger partial charge in [0.2, 0.25) is 0 Å². The van der Waals surface area contributed by atoms with Crippen LogP contribution in [-0.4, -0.2) is 25.4 Å². The SMILES string of the molecule is Clc1cncnc1NCc1cn[nH]n1. The lowest BCUT2D eigenvalue weighted by atomic mass is 10.4. The van der Waals surface area contributed by atoms with Crippen LogP contribution in [0.3, 0.4) is 0 Å². The van der Waals surface area contributed by atoms with Crippen molar-refractivity contribution in [2.75, 3.05) is 5.32 Å². The van der Waals surface area contributed by atoms with Gasteiger partial charge in [-0.3, -0.25) is 0 Å². The Labute approximate surface area is 84.7 Å². The lowest BCUT2D eigenvalue weighted by Gasteiger charge is -2.03. The Morgan fingerprint density at radius 1 is 1.43 bits per heavy atom. The van der Waals surface area contributed by atoms with Gasteiger partial charge in [0.1, 0.15) is 22.9 Å². The minimum Gasteiger partial charge on any atom is -0.363 e. The summed E-state index contributed by atoms with van der Waals surface area (Å²) >= 11 is 5.83. The standard InChI is InChI=1S/C7H7ClN6/c8-6-3-9-4-11-7(6)10-1-5-2-12-14-13-5/h2-4H,1H2,(H,9,10,11)(H,12,13,14). The highest BCUT2D eigenvalue weighted by molar-refractivity contribution is 6.32. The van der Waals surface area contributed by atoms with Crippen molar-refractivity contribution in [1.29, 1.82) is 0 Å². The first-order valence-electron chi connectivity index (χ1n) is 3.90. The van der Waals surface area contributed by atoms with Crippen molar-refractivity contribution in [2.45, 2.75) is 6.54 Å². The second-order valence-corrected chi connectivity index (χ2v) is 2.94. The monoisotopic (exact) mass is 210 g/mol.